The summed E-state index contributed by atoms with van der Waals surface area (Å²) in [5, 5.41) is 18.5. The molecular weight excluding hydrogens is 294 g/mol. The van der Waals surface area contributed by atoms with Crippen LogP contribution in [0.5, 0.6) is 0 Å². The summed E-state index contributed by atoms with van der Waals surface area (Å²) in [5.41, 5.74) is 2.06. The van der Waals surface area contributed by atoms with Crippen LogP contribution in [0.3, 0.4) is 0 Å². The number of hydrogen-bond donors (Lipinski definition) is 2. The van der Waals surface area contributed by atoms with E-state index in [0.29, 0.717) is 6.04 Å². The molecule has 1 aromatic rings. The van der Waals surface area contributed by atoms with Gasteiger partial charge in [0.25, 0.3) is 0 Å². The molecule has 2 rings (SSSR count). The van der Waals surface area contributed by atoms with Gasteiger partial charge in [0.05, 0.1) is 6.61 Å². The maximum Gasteiger partial charge on any atom is 0.0702 e. The highest BCUT2D eigenvalue weighted by Crippen LogP contribution is 2.33. The second kappa shape index (κ2) is 6.55. The number of nitrogens with zero attached hydrogens (tertiary/aromatic N) is 1. The van der Waals surface area contributed by atoms with Gasteiger partial charge in [-0.1, -0.05) is 15.9 Å². The molecule has 0 heterocycles. The van der Waals surface area contributed by atoms with Crippen LogP contribution in [0, 0.1) is 0 Å². The Morgan fingerprint density at radius 1 is 1.28 bits per heavy atom. The molecule has 1 fully saturated rings. The molecule has 0 amide bonds. The zero-order valence-electron chi connectivity index (χ0n) is 10.5. The van der Waals surface area contributed by atoms with Crippen molar-refractivity contribution in [1.82, 2.24) is 0 Å². The zero-order valence-corrected chi connectivity index (χ0v) is 12.1. The van der Waals surface area contributed by atoms with Crippen molar-refractivity contribution in [2.75, 3.05) is 18.1 Å². The van der Waals surface area contributed by atoms with E-state index in [2.05, 4.69) is 26.9 Å². The number of aliphatic hydroxyl groups is 2. The third-order valence-corrected chi connectivity index (χ3v) is 4.09. The van der Waals surface area contributed by atoms with Gasteiger partial charge < -0.3 is 15.1 Å². The molecule has 2 N–H and O–H groups in total. The molecule has 0 spiro atoms. The number of aliphatic hydroxyl groups excluding tert-OH is 2. The maximum absolute atomic E-state index is 9.49. The number of halogens is 1. The fourth-order valence-electron chi connectivity index (χ4n) is 2.40. The standard InChI is InChI=1S/C14H20BrNO2/c15-12-5-6-14(11(9-12)10-18)16(7-2-8-17)13-3-1-4-13/h5-6,9,13,17-18H,1-4,7-8,10H2. The van der Waals surface area contributed by atoms with Crippen LogP contribution in [0.2, 0.25) is 0 Å². The molecule has 1 aromatic carbocycles. The van der Waals surface area contributed by atoms with E-state index in [9.17, 15) is 5.11 Å². The highest BCUT2D eigenvalue weighted by molar-refractivity contribution is 9.10. The number of benzene rings is 1. The zero-order chi connectivity index (χ0) is 13.0. The van der Waals surface area contributed by atoms with Crippen LogP contribution in [0.4, 0.5) is 5.69 Å². The summed E-state index contributed by atoms with van der Waals surface area (Å²) in [6.07, 6.45) is 4.49. The van der Waals surface area contributed by atoms with Gasteiger partial charge >= 0.3 is 0 Å². The lowest BCUT2D eigenvalue weighted by Crippen LogP contribution is -2.41. The van der Waals surface area contributed by atoms with E-state index >= 15 is 0 Å². The van der Waals surface area contributed by atoms with Crippen LogP contribution in [0.15, 0.2) is 22.7 Å². The highest BCUT2D eigenvalue weighted by Gasteiger charge is 2.26. The first-order chi connectivity index (χ1) is 8.76. The Morgan fingerprint density at radius 3 is 2.61 bits per heavy atom. The monoisotopic (exact) mass is 313 g/mol. The quantitative estimate of drug-likeness (QED) is 0.848. The molecule has 1 saturated carbocycles. The third kappa shape index (κ3) is 3.05. The van der Waals surface area contributed by atoms with Crippen molar-refractivity contribution >= 4 is 21.6 Å². The molecule has 1 aliphatic carbocycles. The van der Waals surface area contributed by atoms with Crippen molar-refractivity contribution in [3.8, 4) is 0 Å². The van der Waals surface area contributed by atoms with E-state index in [0.717, 1.165) is 28.7 Å². The molecule has 0 aromatic heterocycles. The molecule has 100 valence electrons. The van der Waals surface area contributed by atoms with Gasteiger partial charge in [-0.15, -0.1) is 0 Å². The SMILES string of the molecule is OCCCN(c1ccc(Br)cc1CO)C1CCC1. The third-order valence-electron chi connectivity index (χ3n) is 3.59. The van der Waals surface area contributed by atoms with Crippen molar-refractivity contribution in [2.24, 2.45) is 0 Å². The van der Waals surface area contributed by atoms with Gasteiger partial charge in [0.2, 0.25) is 0 Å². The topological polar surface area (TPSA) is 43.7 Å². The number of anilines is 1. The summed E-state index contributed by atoms with van der Waals surface area (Å²) in [4.78, 5) is 2.34. The van der Waals surface area contributed by atoms with Crippen LogP contribution in [0.1, 0.15) is 31.2 Å². The normalized spacial score (nSPS) is 15.5. The summed E-state index contributed by atoms with van der Waals surface area (Å²) in [7, 11) is 0. The molecule has 0 unspecified atom stereocenters. The van der Waals surface area contributed by atoms with Crippen LogP contribution in [-0.2, 0) is 6.61 Å². The van der Waals surface area contributed by atoms with Gasteiger partial charge in [-0.2, -0.15) is 0 Å². The Kier molecular flexibility index (Phi) is 5.03. The van der Waals surface area contributed by atoms with Crippen LogP contribution >= 0.6 is 15.9 Å². The molecule has 18 heavy (non-hydrogen) atoms. The van der Waals surface area contributed by atoms with E-state index in [4.69, 9.17) is 5.11 Å². The molecule has 0 saturated heterocycles. The van der Waals surface area contributed by atoms with Gasteiger partial charge in [0.1, 0.15) is 0 Å². The Bertz CT molecular complexity index is 393. The first-order valence-corrected chi connectivity index (χ1v) is 7.32. The average molecular weight is 314 g/mol. The van der Waals surface area contributed by atoms with E-state index < -0.39 is 0 Å². The Hall–Kier alpha value is -0.580. The van der Waals surface area contributed by atoms with Crippen molar-refractivity contribution in [3.63, 3.8) is 0 Å². The number of rotatable bonds is 6. The van der Waals surface area contributed by atoms with E-state index in [1.54, 1.807) is 0 Å². The molecule has 0 bridgehead atoms. The van der Waals surface area contributed by atoms with Gasteiger partial charge in [-0.25, -0.2) is 0 Å². The lowest BCUT2D eigenvalue weighted by Gasteiger charge is -2.40. The van der Waals surface area contributed by atoms with Crippen LogP contribution in [-0.4, -0.2) is 29.4 Å². The molecule has 0 atom stereocenters. The Morgan fingerprint density at radius 2 is 2.06 bits per heavy atom. The predicted molar refractivity (Wildman–Crippen MR) is 76.8 cm³/mol. The minimum atomic E-state index is 0.0527. The van der Waals surface area contributed by atoms with Crippen molar-refractivity contribution in [3.05, 3.63) is 28.2 Å². The van der Waals surface area contributed by atoms with Crippen LogP contribution < -0.4 is 4.90 Å². The smallest absolute Gasteiger partial charge is 0.0702 e. The summed E-state index contributed by atoms with van der Waals surface area (Å²) in [5.74, 6) is 0. The van der Waals surface area contributed by atoms with Gasteiger partial charge in [-0.3, -0.25) is 0 Å². The minimum Gasteiger partial charge on any atom is -0.396 e. The minimum absolute atomic E-state index is 0.0527. The summed E-state index contributed by atoms with van der Waals surface area (Å²) in [6.45, 7) is 1.13. The second-order valence-electron chi connectivity index (χ2n) is 4.79. The first kappa shape index (κ1) is 13.8. The predicted octanol–water partition coefficient (Wildman–Crippen LogP) is 2.68. The fourth-order valence-corrected chi connectivity index (χ4v) is 2.81. The lowest BCUT2D eigenvalue weighted by molar-refractivity contribution is 0.277. The lowest BCUT2D eigenvalue weighted by atomic mass is 9.90. The van der Waals surface area contributed by atoms with E-state index in [1.165, 1.54) is 19.3 Å². The largest absolute Gasteiger partial charge is 0.396 e. The summed E-state index contributed by atoms with van der Waals surface area (Å²) < 4.78 is 0.992. The summed E-state index contributed by atoms with van der Waals surface area (Å²) >= 11 is 3.44. The molecule has 0 radical (unpaired) electrons. The molecule has 1 aliphatic rings. The molecule has 4 heteroatoms. The average Bonchev–Trinajstić information content (AvgIpc) is 2.32. The molecule has 0 aliphatic heterocycles. The van der Waals surface area contributed by atoms with Crippen molar-refractivity contribution in [2.45, 2.75) is 38.3 Å². The Balaban J connectivity index is 2.22. The van der Waals surface area contributed by atoms with Gasteiger partial charge in [0, 0.05) is 34.9 Å². The first-order valence-electron chi connectivity index (χ1n) is 6.53. The van der Waals surface area contributed by atoms with Gasteiger partial charge in [-0.05, 0) is 43.9 Å². The van der Waals surface area contributed by atoms with Gasteiger partial charge in [0.15, 0.2) is 0 Å². The van der Waals surface area contributed by atoms with Crippen molar-refractivity contribution in [1.29, 1.82) is 0 Å². The second-order valence-corrected chi connectivity index (χ2v) is 5.70. The van der Waals surface area contributed by atoms with E-state index in [-0.39, 0.29) is 13.2 Å². The van der Waals surface area contributed by atoms with Crippen molar-refractivity contribution < 1.29 is 10.2 Å². The maximum atomic E-state index is 9.49. The molecular formula is C14H20BrNO2. The van der Waals surface area contributed by atoms with E-state index in [1.807, 2.05) is 12.1 Å². The Labute approximate surface area is 117 Å². The number of hydrogen-bond acceptors (Lipinski definition) is 3. The molecule has 3 nitrogen and oxygen atoms in total. The highest BCUT2D eigenvalue weighted by atomic mass is 79.9. The fraction of sp³-hybridized carbons (Fsp3) is 0.571. The summed E-state index contributed by atoms with van der Waals surface area (Å²) in [6, 6.07) is 6.62. The van der Waals surface area contributed by atoms with Crippen LogP contribution in [0.25, 0.3) is 0 Å².